The van der Waals surface area contributed by atoms with E-state index in [1.165, 1.54) is 17.0 Å². The number of aromatic hydroxyl groups is 2. The lowest BCUT2D eigenvalue weighted by Gasteiger charge is -2.18. The first-order chi connectivity index (χ1) is 9.47. The normalized spacial score (nSPS) is 10.3. The van der Waals surface area contributed by atoms with E-state index in [9.17, 15) is 19.4 Å². The van der Waals surface area contributed by atoms with Gasteiger partial charge in [0.1, 0.15) is 17.3 Å². The number of carbonyl (C=O) groups excluding carboxylic acids is 1. The Bertz CT molecular complexity index is 626. The van der Waals surface area contributed by atoms with Crippen LogP contribution in [-0.4, -0.2) is 28.1 Å². The van der Waals surface area contributed by atoms with Gasteiger partial charge in [0.15, 0.2) is 0 Å². The van der Waals surface area contributed by atoms with Crippen molar-refractivity contribution in [2.24, 2.45) is 0 Å². The standard InChI is InChI=1S/C15H14FNO3/c1-17(9-10-2-5-12(18)6-3-10)15(20)13-8-11(16)4-7-14(13)19/h2-8,18-19H,9H2,1H3. The van der Waals surface area contributed by atoms with Gasteiger partial charge in [-0.25, -0.2) is 4.39 Å². The number of phenolic OH excluding ortho intramolecular Hbond substituents is 2. The second kappa shape index (κ2) is 5.61. The Morgan fingerprint density at radius 3 is 2.45 bits per heavy atom. The van der Waals surface area contributed by atoms with Crippen LogP contribution in [0.3, 0.4) is 0 Å². The number of amides is 1. The molecule has 0 aliphatic heterocycles. The average Bonchev–Trinajstić information content (AvgIpc) is 2.43. The monoisotopic (exact) mass is 275 g/mol. The first-order valence-electron chi connectivity index (χ1n) is 5.99. The van der Waals surface area contributed by atoms with Gasteiger partial charge in [-0.15, -0.1) is 0 Å². The van der Waals surface area contributed by atoms with Gasteiger partial charge in [-0.05, 0) is 35.9 Å². The summed E-state index contributed by atoms with van der Waals surface area (Å²) in [6.45, 7) is 0.287. The van der Waals surface area contributed by atoms with E-state index >= 15 is 0 Å². The van der Waals surface area contributed by atoms with Crippen LogP contribution in [0.15, 0.2) is 42.5 Å². The van der Waals surface area contributed by atoms with Crippen LogP contribution in [0.4, 0.5) is 4.39 Å². The highest BCUT2D eigenvalue weighted by molar-refractivity contribution is 5.96. The number of hydrogen-bond acceptors (Lipinski definition) is 3. The van der Waals surface area contributed by atoms with Crippen LogP contribution in [0.1, 0.15) is 15.9 Å². The molecule has 104 valence electrons. The Morgan fingerprint density at radius 2 is 1.80 bits per heavy atom. The summed E-state index contributed by atoms with van der Waals surface area (Å²) >= 11 is 0. The molecule has 2 aromatic rings. The number of rotatable bonds is 3. The Morgan fingerprint density at radius 1 is 1.15 bits per heavy atom. The van der Waals surface area contributed by atoms with Crippen molar-refractivity contribution in [2.75, 3.05) is 7.05 Å². The van der Waals surface area contributed by atoms with E-state index in [0.717, 1.165) is 23.8 Å². The van der Waals surface area contributed by atoms with Crippen LogP contribution < -0.4 is 0 Å². The first-order valence-corrected chi connectivity index (χ1v) is 5.99. The summed E-state index contributed by atoms with van der Waals surface area (Å²) in [4.78, 5) is 13.5. The van der Waals surface area contributed by atoms with Crippen LogP contribution in [-0.2, 0) is 6.54 Å². The van der Waals surface area contributed by atoms with E-state index in [-0.39, 0.29) is 23.6 Å². The number of hydrogen-bond donors (Lipinski definition) is 2. The van der Waals surface area contributed by atoms with E-state index in [1.807, 2.05) is 0 Å². The average molecular weight is 275 g/mol. The Labute approximate surface area is 115 Å². The van der Waals surface area contributed by atoms with E-state index < -0.39 is 11.7 Å². The lowest BCUT2D eigenvalue weighted by atomic mass is 10.1. The Kier molecular flexibility index (Phi) is 3.89. The van der Waals surface area contributed by atoms with Crippen molar-refractivity contribution in [3.05, 3.63) is 59.4 Å². The highest BCUT2D eigenvalue weighted by atomic mass is 19.1. The van der Waals surface area contributed by atoms with Crippen molar-refractivity contribution >= 4 is 5.91 Å². The van der Waals surface area contributed by atoms with Crippen LogP contribution in [0.2, 0.25) is 0 Å². The van der Waals surface area contributed by atoms with Gasteiger partial charge in [-0.3, -0.25) is 4.79 Å². The third-order valence-corrected chi connectivity index (χ3v) is 2.89. The Hall–Kier alpha value is -2.56. The highest BCUT2D eigenvalue weighted by Crippen LogP contribution is 2.20. The molecule has 0 saturated heterocycles. The Balaban J connectivity index is 2.16. The second-order valence-corrected chi connectivity index (χ2v) is 4.49. The minimum Gasteiger partial charge on any atom is -0.508 e. The topological polar surface area (TPSA) is 60.8 Å². The number of nitrogens with zero attached hydrogens (tertiary/aromatic N) is 1. The van der Waals surface area contributed by atoms with Crippen molar-refractivity contribution in [1.82, 2.24) is 4.90 Å². The number of halogens is 1. The molecule has 0 radical (unpaired) electrons. The predicted octanol–water partition coefficient (Wildman–Crippen LogP) is 2.51. The fourth-order valence-corrected chi connectivity index (χ4v) is 1.83. The molecule has 4 nitrogen and oxygen atoms in total. The van der Waals surface area contributed by atoms with Crippen molar-refractivity contribution in [3.63, 3.8) is 0 Å². The molecule has 0 aliphatic rings. The third kappa shape index (κ3) is 3.06. The molecule has 0 atom stereocenters. The molecule has 2 aromatic carbocycles. The zero-order valence-corrected chi connectivity index (χ0v) is 10.9. The van der Waals surface area contributed by atoms with Gasteiger partial charge in [0.25, 0.3) is 5.91 Å². The molecule has 0 fully saturated rings. The maximum absolute atomic E-state index is 13.1. The van der Waals surface area contributed by atoms with Crippen LogP contribution in [0.5, 0.6) is 11.5 Å². The van der Waals surface area contributed by atoms with Gasteiger partial charge in [-0.2, -0.15) is 0 Å². The van der Waals surface area contributed by atoms with Crippen molar-refractivity contribution in [2.45, 2.75) is 6.54 Å². The molecule has 0 bridgehead atoms. The maximum Gasteiger partial charge on any atom is 0.257 e. The summed E-state index contributed by atoms with van der Waals surface area (Å²) in [6.07, 6.45) is 0. The van der Waals surface area contributed by atoms with Crippen molar-refractivity contribution < 1.29 is 19.4 Å². The molecule has 0 aliphatic carbocycles. The van der Waals surface area contributed by atoms with Gasteiger partial charge < -0.3 is 15.1 Å². The molecule has 5 heteroatoms. The molecule has 0 unspecified atom stereocenters. The minimum absolute atomic E-state index is 0.0775. The first kappa shape index (κ1) is 13.9. The van der Waals surface area contributed by atoms with Crippen LogP contribution in [0.25, 0.3) is 0 Å². The van der Waals surface area contributed by atoms with E-state index in [1.54, 1.807) is 19.2 Å². The number of phenols is 2. The number of carbonyl (C=O) groups is 1. The molecule has 0 saturated carbocycles. The SMILES string of the molecule is CN(Cc1ccc(O)cc1)C(=O)c1cc(F)ccc1O. The highest BCUT2D eigenvalue weighted by Gasteiger charge is 2.16. The second-order valence-electron chi connectivity index (χ2n) is 4.49. The molecule has 0 spiro atoms. The largest absolute Gasteiger partial charge is 0.508 e. The smallest absolute Gasteiger partial charge is 0.257 e. The predicted molar refractivity (Wildman–Crippen MR) is 72.0 cm³/mol. The molecule has 2 N–H and O–H groups in total. The van der Waals surface area contributed by atoms with Crippen molar-refractivity contribution in [3.8, 4) is 11.5 Å². The summed E-state index contributed by atoms with van der Waals surface area (Å²) < 4.78 is 13.1. The summed E-state index contributed by atoms with van der Waals surface area (Å²) in [5, 5.41) is 18.8. The maximum atomic E-state index is 13.1. The molecule has 2 rings (SSSR count). The molecule has 20 heavy (non-hydrogen) atoms. The van der Waals surface area contributed by atoms with Gasteiger partial charge in [0.2, 0.25) is 0 Å². The zero-order chi connectivity index (χ0) is 14.7. The van der Waals surface area contributed by atoms with Gasteiger partial charge in [-0.1, -0.05) is 12.1 Å². The van der Waals surface area contributed by atoms with Gasteiger partial charge in [0, 0.05) is 13.6 Å². The van der Waals surface area contributed by atoms with Crippen LogP contribution in [0, 0.1) is 5.82 Å². The van der Waals surface area contributed by atoms with Crippen molar-refractivity contribution in [1.29, 1.82) is 0 Å². The molecule has 0 aromatic heterocycles. The lowest BCUT2D eigenvalue weighted by molar-refractivity contribution is 0.0781. The molecular formula is C15H14FNO3. The molecule has 0 heterocycles. The summed E-state index contributed by atoms with van der Waals surface area (Å²) in [7, 11) is 1.56. The summed E-state index contributed by atoms with van der Waals surface area (Å²) in [5.41, 5.74) is 0.737. The minimum atomic E-state index is -0.579. The quantitative estimate of drug-likeness (QED) is 0.904. The van der Waals surface area contributed by atoms with E-state index in [0.29, 0.717) is 0 Å². The summed E-state index contributed by atoms with van der Waals surface area (Å²) in [6, 6.07) is 9.66. The molecular weight excluding hydrogens is 261 g/mol. The third-order valence-electron chi connectivity index (χ3n) is 2.89. The fourth-order valence-electron chi connectivity index (χ4n) is 1.83. The van der Waals surface area contributed by atoms with E-state index in [4.69, 9.17) is 0 Å². The number of benzene rings is 2. The fraction of sp³-hybridized carbons (Fsp3) is 0.133. The zero-order valence-electron chi connectivity index (χ0n) is 10.9. The lowest BCUT2D eigenvalue weighted by Crippen LogP contribution is -2.26. The molecule has 1 amide bonds. The summed E-state index contributed by atoms with van der Waals surface area (Å²) in [5.74, 6) is -1.17. The van der Waals surface area contributed by atoms with Crippen LogP contribution >= 0.6 is 0 Å². The van der Waals surface area contributed by atoms with Gasteiger partial charge in [0.05, 0.1) is 5.56 Å². The van der Waals surface area contributed by atoms with Gasteiger partial charge >= 0.3 is 0 Å². The van der Waals surface area contributed by atoms with E-state index in [2.05, 4.69) is 0 Å².